The van der Waals surface area contributed by atoms with Crippen LogP contribution in [0.2, 0.25) is 5.02 Å². The summed E-state index contributed by atoms with van der Waals surface area (Å²) in [6.07, 6.45) is 4.17. The van der Waals surface area contributed by atoms with Crippen molar-refractivity contribution < 1.29 is 0 Å². The summed E-state index contributed by atoms with van der Waals surface area (Å²) in [5.74, 6) is 0. The molecule has 0 saturated heterocycles. The first kappa shape index (κ1) is 10.4. The summed E-state index contributed by atoms with van der Waals surface area (Å²) < 4.78 is 1.26. The summed E-state index contributed by atoms with van der Waals surface area (Å²) >= 11 is 9.86. The zero-order chi connectivity index (χ0) is 8.97. The highest BCUT2D eigenvalue weighted by Crippen LogP contribution is 2.23. The minimum Gasteiger partial charge on any atom is -0.123 e. The standard InChI is InChI=1S/C9H8ClIS/c1-12-9(11)6-7-3-2-4-8(10)5-7/h2-6H,1H3/b9-6+. The Labute approximate surface area is 95.5 Å². The van der Waals surface area contributed by atoms with Crippen LogP contribution in [0, 0.1) is 0 Å². The van der Waals surface area contributed by atoms with E-state index >= 15 is 0 Å². The second-order valence-electron chi connectivity index (χ2n) is 2.21. The lowest BCUT2D eigenvalue weighted by atomic mass is 10.2. The zero-order valence-electron chi connectivity index (χ0n) is 6.55. The molecule has 0 bridgehead atoms. The van der Waals surface area contributed by atoms with Crippen molar-refractivity contribution >= 4 is 52.0 Å². The largest absolute Gasteiger partial charge is 0.123 e. The Morgan fingerprint density at radius 1 is 1.58 bits per heavy atom. The summed E-state index contributed by atoms with van der Waals surface area (Å²) in [7, 11) is 0. The maximum atomic E-state index is 5.83. The highest BCUT2D eigenvalue weighted by atomic mass is 127. The summed E-state index contributed by atoms with van der Waals surface area (Å²) in [4.78, 5) is 0. The third kappa shape index (κ3) is 3.37. The SMILES string of the molecule is CS/C(I)=C/c1cccc(Cl)c1. The van der Waals surface area contributed by atoms with Gasteiger partial charge in [-0.2, -0.15) is 0 Å². The Balaban J connectivity index is 2.89. The van der Waals surface area contributed by atoms with E-state index < -0.39 is 0 Å². The molecule has 64 valence electrons. The smallest absolute Gasteiger partial charge is 0.0460 e. The van der Waals surface area contributed by atoms with Crippen LogP contribution >= 0.6 is 46.0 Å². The molecule has 0 fully saturated rings. The van der Waals surface area contributed by atoms with E-state index in [2.05, 4.69) is 34.9 Å². The predicted octanol–water partition coefficient (Wildman–Crippen LogP) is 4.44. The van der Waals surface area contributed by atoms with Crippen molar-refractivity contribution in [1.82, 2.24) is 0 Å². The highest BCUT2D eigenvalue weighted by molar-refractivity contribution is 14.1. The van der Waals surface area contributed by atoms with Gasteiger partial charge < -0.3 is 0 Å². The van der Waals surface area contributed by atoms with Gasteiger partial charge in [0.05, 0.1) is 0 Å². The molecule has 0 aliphatic heterocycles. The van der Waals surface area contributed by atoms with Crippen molar-refractivity contribution in [3.8, 4) is 0 Å². The van der Waals surface area contributed by atoms with Crippen LogP contribution in [-0.2, 0) is 0 Å². The molecule has 0 unspecified atom stereocenters. The summed E-state index contributed by atoms with van der Waals surface area (Å²) in [6, 6.07) is 7.83. The fourth-order valence-corrected chi connectivity index (χ4v) is 1.60. The molecule has 1 rings (SSSR count). The molecule has 0 atom stereocenters. The van der Waals surface area contributed by atoms with Crippen LogP contribution in [0.4, 0.5) is 0 Å². The van der Waals surface area contributed by atoms with Gasteiger partial charge in [0, 0.05) is 7.93 Å². The molecule has 0 amide bonds. The molecule has 0 nitrogen and oxygen atoms in total. The van der Waals surface area contributed by atoms with Crippen LogP contribution in [0.3, 0.4) is 0 Å². The van der Waals surface area contributed by atoms with Crippen LogP contribution in [0.1, 0.15) is 5.56 Å². The second-order valence-corrected chi connectivity index (χ2v) is 5.39. The molecule has 1 aromatic rings. The first-order valence-corrected chi connectivity index (χ1v) is 6.07. The van der Waals surface area contributed by atoms with E-state index in [1.54, 1.807) is 11.8 Å². The lowest BCUT2D eigenvalue weighted by Gasteiger charge is -1.95. The molecule has 12 heavy (non-hydrogen) atoms. The predicted molar refractivity (Wildman–Crippen MR) is 67.0 cm³/mol. The van der Waals surface area contributed by atoms with Gasteiger partial charge in [-0.3, -0.25) is 0 Å². The summed E-state index contributed by atoms with van der Waals surface area (Å²) in [6.45, 7) is 0. The third-order valence-electron chi connectivity index (χ3n) is 1.32. The average molecular weight is 311 g/mol. The van der Waals surface area contributed by atoms with E-state index in [1.165, 1.54) is 2.91 Å². The second kappa shape index (κ2) is 5.14. The van der Waals surface area contributed by atoms with Gasteiger partial charge in [0.1, 0.15) is 0 Å². The quantitative estimate of drug-likeness (QED) is 0.728. The molecule has 0 aliphatic carbocycles. The first-order chi connectivity index (χ1) is 5.72. The number of rotatable bonds is 2. The van der Waals surface area contributed by atoms with Gasteiger partial charge in [-0.15, -0.1) is 11.8 Å². The van der Waals surface area contributed by atoms with Crippen molar-refractivity contribution in [3.05, 3.63) is 37.8 Å². The molecular formula is C9H8ClIS. The van der Waals surface area contributed by atoms with Gasteiger partial charge in [0.15, 0.2) is 0 Å². The molecule has 1 aromatic carbocycles. The van der Waals surface area contributed by atoms with Crippen molar-refractivity contribution in [1.29, 1.82) is 0 Å². The van der Waals surface area contributed by atoms with Crippen molar-refractivity contribution in [2.24, 2.45) is 0 Å². The maximum absolute atomic E-state index is 5.83. The number of benzene rings is 1. The van der Waals surface area contributed by atoms with Gasteiger partial charge in [0.25, 0.3) is 0 Å². The average Bonchev–Trinajstić information content (AvgIpc) is 2.04. The van der Waals surface area contributed by atoms with Gasteiger partial charge >= 0.3 is 0 Å². The number of hydrogen-bond donors (Lipinski definition) is 0. The Morgan fingerprint density at radius 3 is 2.92 bits per heavy atom. The van der Waals surface area contributed by atoms with E-state index in [0.717, 1.165) is 10.6 Å². The Bertz CT molecular complexity index is 296. The van der Waals surface area contributed by atoms with Gasteiger partial charge in [0.2, 0.25) is 0 Å². The van der Waals surface area contributed by atoms with Gasteiger partial charge in [-0.25, -0.2) is 0 Å². The molecule has 0 saturated carbocycles. The molecule has 0 aromatic heterocycles. The fourth-order valence-electron chi connectivity index (χ4n) is 0.786. The molecule has 0 spiro atoms. The summed E-state index contributed by atoms with van der Waals surface area (Å²) in [5.41, 5.74) is 1.15. The Morgan fingerprint density at radius 2 is 2.33 bits per heavy atom. The fraction of sp³-hybridized carbons (Fsp3) is 0.111. The molecule has 0 heterocycles. The number of hydrogen-bond acceptors (Lipinski definition) is 1. The van der Waals surface area contributed by atoms with Crippen molar-refractivity contribution in [2.45, 2.75) is 0 Å². The van der Waals surface area contributed by atoms with Crippen molar-refractivity contribution in [2.75, 3.05) is 6.26 Å². The highest BCUT2D eigenvalue weighted by Gasteiger charge is 1.91. The van der Waals surface area contributed by atoms with E-state index in [-0.39, 0.29) is 0 Å². The lowest BCUT2D eigenvalue weighted by Crippen LogP contribution is -1.71. The Hall–Kier alpha value is 0.330. The van der Waals surface area contributed by atoms with E-state index in [0.29, 0.717) is 0 Å². The molecule has 0 aliphatic rings. The minimum absolute atomic E-state index is 0.786. The van der Waals surface area contributed by atoms with Crippen molar-refractivity contribution in [3.63, 3.8) is 0 Å². The lowest BCUT2D eigenvalue weighted by molar-refractivity contribution is 1.66. The number of thioether (sulfide) groups is 1. The zero-order valence-corrected chi connectivity index (χ0v) is 10.3. The van der Waals surface area contributed by atoms with Crippen LogP contribution in [0.5, 0.6) is 0 Å². The monoisotopic (exact) mass is 310 g/mol. The van der Waals surface area contributed by atoms with E-state index in [9.17, 15) is 0 Å². The normalized spacial score (nSPS) is 11.8. The van der Waals surface area contributed by atoms with Gasteiger partial charge in [-0.05, 0) is 52.6 Å². The van der Waals surface area contributed by atoms with E-state index in [4.69, 9.17) is 11.6 Å². The Kier molecular flexibility index (Phi) is 4.46. The number of halogens is 2. The first-order valence-electron chi connectivity index (χ1n) is 3.39. The molecule has 3 heteroatoms. The van der Waals surface area contributed by atoms with E-state index in [1.807, 2.05) is 24.3 Å². The topological polar surface area (TPSA) is 0 Å². The third-order valence-corrected chi connectivity index (χ3v) is 3.70. The molecule has 0 N–H and O–H groups in total. The van der Waals surface area contributed by atoms with Crippen LogP contribution in [0.25, 0.3) is 6.08 Å². The molecule has 0 radical (unpaired) electrons. The van der Waals surface area contributed by atoms with Crippen LogP contribution in [-0.4, -0.2) is 6.26 Å². The minimum atomic E-state index is 0.786. The summed E-state index contributed by atoms with van der Waals surface area (Å²) in [5, 5.41) is 0.786. The molecular weight excluding hydrogens is 303 g/mol. The van der Waals surface area contributed by atoms with Crippen LogP contribution in [0.15, 0.2) is 27.2 Å². The maximum Gasteiger partial charge on any atom is 0.0460 e. The van der Waals surface area contributed by atoms with Gasteiger partial charge in [-0.1, -0.05) is 23.7 Å². The van der Waals surface area contributed by atoms with Crippen LogP contribution < -0.4 is 0 Å².